The van der Waals surface area contributed by atoms with E-state index in [1.54, 1.807) is 0 Å². The summed E-state index contributed by atoms with van der Waals surface area (Å²) in [6.45, 7) is 5.06. The third-order valence-electron chi connectivity index (χ3n) is 7.50. The highest BCUT2D eigenvalue weighted by atomic mass is 16.5. The third kappa shape index (κ3) is 32.7. The molecule has 39 heavy (non-hydrogen) atoms. The summed E-state index contributed by atoms with van der Waals surface area (Å²) in [6.07, 6.45) is 40.2. The Morgan fingerprint density at radius 3 is 1.44 bits per heavy atom. The molecular formula is C36H66O3. The summed E-state index contributed by atoms with van der Waals surface area (Å²) >= 11 is 0. The van der Waals surface area contributed by atoms with Crippen molar-refractivity contribution in [1.29, 1.82) is 0 Å². The lowest BCUT2D eigenvalue weighted by molar-refractivity contribution is -0.143. The second kappa shape index (κ2) is 32.8. The first-order chi connectivity index (χ1) is 19.2. The molecule has 0 N–H and O–H groups in total. The number of ketones is 1. The molecule has 0 heterocycles. The van der Waals surface area contributed by atoms with Crippen LogP contribution in [0.4, 0.5) is 0 Å². The van der Waals surface area contributed by atoms with Gasteiger partial charge in [0.15, 0.2) is 0 Å². The van der Waals surface area contributed by atoms with Gasteiger partial charge >= 0.3 is 5.97 Å². The summed E-state index contributed by atoms with van der Waals surface area (Å²) in [5.74, 6) is 0.437. The molecule has 0 fully saturated rings. The Kier molecular flexibility index (Phi) is 31.7. The largest absolute Gasteiger partial charge is 0.466 e. The van der Waals surface area contributed by atoms with Crippen molar-refractivity contribution in [1.82, 2.24) is 0 Å². The Hall–Kier alpha value is -1.38. The lowest BCUT2D eigenvalue weighted by Crippen LogP contribution is -2.05. The van der Waals surface area contributed by atoms with Gasteiger partial charge in [-0.25, -0.2) is 0 Å². The van der Waals surface area contributed by atoms with Crippen molar-refractivity contribution in [2.24, 2.45) is 0 Å². The first kappa shape index (κ1) is 37.6. The van der Waals surface area contributed by atoms with Crippen molar-refractivity contribution in [3.63, 3.8) is 0 Å². The number of hydrogen-bond donors (Lipinski definition) is 0. The Morgan fingerprint density at radius 2 is 0.872 bits per heavy atom. The number of esters is 1. The number of hydrogen-bond acceptors (Lipinski definition) is 3. The van der Waals surface area contributed by atoms with Crippen LogP contribution in [0.3, 0.4) is 0 Å². The molecule has 0 aromatic carbocycles. The number of allylic oxidation sites excluding steroid dienone is 4. The molecule has 0 rings (SSSR count). The monoisotopic (exact) mass is 547 g/mol. The standard InChI is InChI=1S/C36H66O3/c1-3-5-7-9-10-11-12-13-14-15-16-17-18-20-23-27-31-35(37)32-28-24-21-19-22-25-29-33-36(38)39-34-30-26-8-6-4-2/h10-11,13-14H,3-9,12,15-34H2,1-2H3/b11-10-,14-13-. The highest BCUT2D eigenvalue weighted by molar-refractivity contribution is 5.78. The molecule has 0 aliphatic carbocycles. The highest BCUT2D eigenvalue weighted by Crippen LogP contribution is 2.13. The van der Waals surface area contributed by atoms with E-state index in [0.717, 1.165) is 57.8 Å². The first-order valence-corrected chi connectivity index (χ1v) is 17.2. The Morgan fingerprint density at radius 1 is 0.462 bits per heavy atom. The van der Waals surface area contributed by atoms with Crippen molar-refractivity contribution < 1.29 is 14.3 Å². The smallest absolute Gasteiger partial charge is 0.305 e. The fourth-order valence-electron chi connectivity index (χ4n) is 4.87. The SMILES string of the molecule is CCCCC/C=C\C/C=C\CCCCCCCCC(=O)CCCCCCCCCC(=O)OCCCCCCC. The highest BCUT2D eigenvalue weighted by Gasteiger charge is 2.04. The molecule has 0 bridgehead atoms. The van der Waals surface area contributed by atoms with Gasteiger partial charge in [0, 0.05) is 19.3 Å². The number of Topliss-reactive ketones (excluding diaryl/α,β-unsaturated/α-hetero) is 1. The zero-order valence-corrected chi connectivity index (χ0v) is 26.3. The van der Waals surface area contributed by atoms with Crippen LogP contribution >= 0.6 is 0 Å². The van der Waals surface area contributed by atoms with Crippen LogP contribution in [0.2, 0.25) is 0 Å². The molecule has 3 nitrogen and oxygen atoms in total. The van der Waals surface area contributed by atoms with Crippen LogP contribution in [-0.4, -0.2) is 18.4 Å². The van der Waals surface area contributed by atoms with Gasteiger partial charge in [0.05, 0.1) is 6.61 Å². The van der Waals surface area contributed by atoms with E-state index in [9.17, 15) is 9.59 Å². The van der Waals surface area contributed by atoms with E-state index in [-0.39, 0.29) is 5.97 Å². The van der Waals surface area contributed by atoms with Crippen LogP contribution in [0, 0.1) is 0 Å². The maximum absolute atomic E-state index is 12.1. The van der Waals surface area contributed by atoms with Crippen molar-refractivity contribution in [2.75, 3.05) is 6.61 Å². The predicted octanol–water partition coefficient (Wildman–Crippen LogP) is 11.8. The summed E-state index contributed by atoms with van der Waals surface area (Å²) in [7, 11) is 0. The molecule has 228 valence electrons. The van der Waals surface area contributed by atoms with Gasteiger partial charge < -0.3 is 4.74 Å². The van der Waals surface area contributed by atoms with Crippen molar-refractivity contribution in [3.05, 3.63) is 24.3 Å². The van der Waals surface area contributed by atoms with Gasteiger partial charge in [-0.2, -0.15) is 0 Å². The maximum atomic E-state index is 12.1. The van der Waals surface area contributed by atoms with Gasteiger partial charge in [0.25, 0.3) is 0 Å². The number of carbonyl (C=O) groups excluding carboxylic acids is 2. The van der Waals surface area contributed by atoms with E-state index in [1.165, 1.54) is 109 Å². The summed E-state index contributed by atoms with van der Waals surface area (Å²) < 4.78 is 5.31. The Bertz CT molecular complexity index is 578. The Labute approximate surface area is 244 Å². The molecule has 0 unspecified atom stereocenters. The minimum atomic E-state index is -0.0242. The molecule has 0 radical (unpaired) electrons. The fourth-order valence-corrected chi connectivity index (χ4v) is 4.87. The van der Waals surface area contributed by atoms with Crippen LogP contribution in [0.1, 0.15) is 187 Å². The molecule has 0 saturated carbocycles. The number of rotatable bonds is 31. The number of ether oxygens (including phenoxy) is 1. The van der Waals surface area contributed by atoms with E-state index < -0.39 is 0 Å². The molecule has 0 amide bonds. The van der Waals surface area contributed by atoms with Crippen molar-refractivity contribution >= 4 is 11.8 Å². The fraction of sp³-hybridized carbons (Fsp3) is 0.833. The van der Waals surface area contributed by atoms with Gasteiger partial charge in [0.1, 0.15) is 5.78 Å². The summed E-state index contributed by atoms with van der Waals surface area (Å²) in [6, 6.07) is 0. The predicted molar refractivity (Wildman–Crippen MR) is 170 cm³/mol. The van der Waals surface area contributed by atoms with Gasteiger partial charge in [-0.05, 0) is 57.8 Å². The van der Waals surface area contributed by atoms with Crippen molar-refractivity contribution in [2.45, 2.75) is 187 Å². The quantitative estimate of drug-likeness (QED) is 0.0493. The zero-order valence-electron chi connectivity index (χ0n) is 26.3. The van der Waals surface area contributed by atoms with Gasteiger partial charge in [-0.1, -0.05) is 134 Å². The lowest BCUT2D eigenvalue weighted by atomic mass is 10.0. The van der Waals surface area contributed by atoms with Gasteiger partial charge in [-0.15, -0.1) is 0 Å². The normalized spacial score (nSPS) is 11.6. The third-order valence-corrected chi connectivity index (χ3v) is 7.50. The van der Waals surface area contributed by atoms with Gasteiger partial charge in [-0.3, -0.25) is 9.59 Å². The van der Waals surface area contributed by atoms with E-state index in [1.807, 2.05) is 0 Å². The van der Waals surface area contributed by atoms with E-state index >= 15 is 0 Å². The molecule has 0 saturated heterocycles. The summed E-state index contributed by atoms with van der Waals surface area (Å²) in [4.78, 5) is 23.9. The van der Waals surface area contributed by atoms with Gasteiger partial charge in [0.2, 0.25) is 0 Å². The maximum Gasteiger partial charge on any atom is 0.305 e. The number of carbonyl (C=O) groups is 2. The molecule has 0 spiro atoms. The zero-order chi connectivity index (χ0) is 28.5. The van der Waals surface area contributed by atoms with Crippen LogP contribution < -0.4 is 0 Å². The minimum Gasteiger partial charge on any atom is -0.466 e. The van der Waals surface area contributed by atoms with E-state index in [4.69, 9.17) is 4.74 Å². The molecule has 0 atom stereocenters. The van der Waals surface area contributed by atoms with Crippen molar-refractivity contribution in [3.8, 4) is 0 Å². The first-order valence-electron chi connectivity index (χ1n) is 17.2. The average Bonchev–Trinajstić information content (AvgIpc) is 2.93. The topological polar surface area (TPSA) is 43.4 Å². The van der Waals surface area contributed by atoms with Crippen LogP contribution in [-0.2, 0) is 14.3 Å². The summed E-state index contributed by atoms with van der Waals surface area (Å²) in [5.41, 5.74) is 0. The average molecular weight is 547 g/mol. The lowest BCUT2D eigenvalue weighted by Gasteiger charge is -2.05. The second-order valence-electron chi connectivity index (χ2n) is 11.5. The van der Waals surface area contributed by atoms with E-state index in [2.05, 4.69) is 38.2 Å². The van der Waals surface area contributed by atoms with Crippen LogP contribution in [0.25, 0.3) is 0 Å². The molecule has 0 aliphatic rings. The van der Waals surface area contributed by atoms with E-state index in [0.29, 0.717) is 18.8 Å². The second-order valence-corrected chi connectivity index (χ2v) is 11.5. The molecule has 0 aromatic rings. The molecule has 3 heteroatoms. The molecule has 0 aromatic heterocycles. The molecule has 0 aliphatic heterocycles. The summed E-state index contributed by atoms with van der Waals surface area (Å²) in [5, 5.41) is 0. The number of unbranched alkanes of at least 4 members (excludes halogenated alkanes) is 19. The molecular weight excluding hydrogens is 480 g/mol. The van der Waals surface area contributed by atoms with Crippen LogP contribution in [0.15, 0.2) is 24.3 Å². The Balaban J connectivity index is 3.30. The van der Waals surface area contributed by atoms with Crippen LogP contribution in [0.5, 0.6) is 0 Å². The minimum absolute atomic E-state index is 0.0242.